The van der Waals surface area contributed by atoms with Crippen molar-refractivity contribution in [1.29, 1.82) is 0 Å². The van der Waals surface area contributed by atoms with E-state index in [4.69, 9.17) is 0 Å². The van der Waals surface area contributed by atoms with Crippen LogP contribution < -0.4 is 16.0 Å². The highest BCUT2D eigenvalue weighted by Gasteiger charge is 2.14. The Kier molecular flexibility index (Phi) is 6.22. The molecule has 6 heteroatoms. The Morgan fingerprint density at radius 2 is 1.75 bits per heavy atom. The summed E-state index contributed by atoms with van der Waals surface area (Å²) in [4.78, 5) is 33.9. The third-order valence-corrected chi connectivity index (χ3v) is 2.57. The largest absolute Gasteiger partial charge is 0.350 e. The molecule has 0 spiro atoms. The van der Waals surface area contributed by atoms with Gasteiger partial charge in [0.05, 0.1) is 6.54 Å². The van der Waals surface area contributed by atoms with Crippen molar-refractivity contribution in [3.8, 4) is 0 Å². The molecule has 0 unspecified atom stereocenters. The van der Waals surface area contributed by atoms with Crippen molar-refractivity contribution >= 4 is 17.7 Å². The second-order valence-corrected chi connectivity index (χ2v) is 4.40. The molecule has 20 heavy (non-hydrogen) atoms. The third-order valence-electron chi connectivity index (χ3n) is 2.57. The molecule has 108 valence electrons. The first-order valence-corrected chi connectivity index (χ1v) is 6.34. The lowest BCUT2D eigenvalue weighted by Gasteiger charge is -2.12. The Labute approximate surface area is 117 Å². The van der Waals surface area contributed by atoms with Crippen LogP contribution in [0.15, 0.2) is 30.3 Å². The zero-order chi connectivity index (χ0) is 15.0. The van der Waals surface area contributed by atoms with E-state index in [2.05, 4.69) is 16.0 Å². The van der Waals surface area contributed by atoms with Crippen molar-refractivity contribution in [2.24, 2.45) is 0 Å². The Bertz CT molecular complexity index is 474. The van der Waals surface area contributed by atoms with E-state index in [0.29, 0.717) is 6.54 Å². The molecule has 1 atom stereocenters. The highest BCUT2D eigenvalue weighted by molar-refractivity contribution is 5.89. The van der Waals surface area contributed by atoms with Crippen LogP contribution in [-0.4, -0.2) is 30.3 Å². The molecule has 1 aromatic carbocycles. The predicted molar refractivity (Wildman–Crippen MR) is 74.6 cm³/mol. The van der Waals surface area contributed by atoms with Crippen molar-refractivity contribution in [1.82, 2.24) is 16.0 Å². The first-order chi connectivity index (χ1) is 9.49. The number of hydrogen-bond acceptors (Lipinski definition) is 3. The molecule has 3 amide bonds. The maximum absolute atomic E-state index is 11.6. The molecule has 6 nitrogen and oxygen atoms in total. The average molecular weight is 278 g/mol. The molecule has 0 aromatic heterocycles. The minimum absolute atomic E-state index is 0.115. The van der Waals surface area contributed by atoms with Gasteiger partial charge in [-0.2, -0.15) is 0 Å². The quantitative estimate of drug-likeness (QED) is 0.637. The van der Waals surface area contributed by atoms with Gasteiger partial charge in [-0.15, -0.1) is 0 Å². The van der Waals surface area contributed by atoms with Crippen LogP contribution in [0, 0.1) is 0 Å². The van der Waals surface area contributed by atoms with Crippen LogP contribution in [0.25, 0.3) is 0 Å². The van der Waals surface area contributed by atoms with Crippen molar-refractivity contribution in [3.63, 3.8) is 0 Å². The summed E-state index contributed by atoms with van der Waals surface area (Å²) in [5, 5.41) is 7.59. The summed E-state index contributed by atoms with van der Waals surface area (Å²) >= 11 is 0. The summed E-state index contributed by atoms with van der Waals surface area (Å²) in [5.41, 5.74) is 0.985. The summed E-state index contributed by atoms with van der Waals surface area (Å²) in [6.45, 7) is 3.18. The van der Waals surface area contributed by atoms with E-state index in [0.717, 1.165) is 5.56 Å². The van der Waals surface area contributed by atoms with Gasteiger partial charge < -0.3 is 16.0 Å². The molecule has 1 rings (SSSR count). The number of hydrogen-bond donors (Lipinski definition) is 3. The first-order valence-electron chi connectivity index (χ1n) is 6.34. The number of carbonyl (C=O) groups is 3. The number of nitrogens with one attached hydrogen (secondary N) is 3. The van der Waals surface area contributed by atoms with Gasteiger partial charge in [0.1, 0.15) is 6.04 Å². The monoisotopic (exact) mass is 278 g/mol. The van der Waals surface area contributed by atoms with Crippen LogP contribution >= 0.6 is 0 Å². The third kappa shape index (κ3) is 5.99. The van der Waals surface area contributed by atoms with E-state index in [1.54, 1.807) is 6.92 Å². The van der Waals surface area contributed by atoms with Crippen LogP contribution in [-0.2, 0) is 20.9 Å². The zero-order valence-electron chi connectivity index (χ0n) is 11.6. The lowest BCUT2D eigenvalue weighted by molar-refractivity contribution is -0.129. The van der Waals surface area contributed by atoms with Crippen molar-refractivity contribution in [2.45, 2.75) is 26.4 Å². The number of rotatable bonds is 6. The number of amides is 3. The second kappa shape index (κ2) is 7.93. The zero-order valence-corrected chi connectivity index (χ0v) is 11.6. The van der Waals surface area contributed by atoms with E-state index < -0.39 is 11.9 Å². The van der Waals surface area contributed by atoms with Gasteiger partial charge in [0.15, 0.2) is 0 Å². The number of carbonyl (C=O) groups excluding carboxylic acids is 3. The molecule has 0 heterocycles. The van der Waals surface area contributed by atoms with Gasteiger partial charge in [-0.3, -0.25) is 14.4 Å². The highest BCUT2D eigenvalue weighted by Crippen LogP contribution is 1.96. The first kappa shape index (κ1) is 15.7. The minimum atomic E-state index is -0.658. The van der Waals surface area contributed by atoms with Gasteiger partial charge in [-0.1, -0.05) is 30.3 Å². The Morgan fingerprint density at radius 1 is 1.10 bits per heavy atom. The van der Waals surface area contributed by atoms with Crippen LogP contribution in [0.5, 0.6) is 0 Å². The van der Waals surface area contributed by atoms with Gasteiger partial charge in [0.2, 0.25) is 17.7 Å². The Morgan fingerprint density at radius 3 is 2.35 bits per heavy atom. The molecule has 0 bridgehead atoms. The molecule has 0 saturated heterocycles. The summed E-state index contributed by atoms with van der Waals surface area (Å²) in [6.07, 6.45) is 0. The summed E-state index contributed by atoms with van der Waals surface area (Å²) in [5.74, 6) is -0.964. The van der Waals surface area contributed by atoms with Gasteiger partial charge in [0.25, 0.3) is 0 Å². The standard InChI is InChI=1S/C14H19N3O3/c1-10(17-11(2)18)14(20)16-9-13(19)15-8-12-6-4-3-5-7-12/h3-7,10H,8-9H2,1-2H3,(H,15,19)(H,16,20)(H,17,18)/t10-/m0/s1/i9+1. The summed E-state index contributed by atoms with van der Waals surface area (Å²) < 4.78 is 0. The van der Waals surface area contributed by atoms with Gasteiger partial charge in [-0.25, -0.2) is 0 Å². The lowest BCUT2D eigenvalue weighted by Crippen LogP contribution is -2.46. The normalized spacial score (nSPS) is 11.3. The van der Waals surface area contributed by atoms with E-state index in [1.165, 1.54) is 6.92 Å². The lowest BCUT2D eigenvalue weighted by atomic mass is 10.2. The predicted octanol–water partition coefficient (Wildman–Crippen LogP) is -0.0564. The molecule has 0 aliphatic heterocycles. The summed E-state index contributed by atoms with van der Waals surface area (Å²) in [7, 11) is 0. The summed E-state index contributed by atoms with van der Waals surface area (Å²) in [6, 6.07) is 8.82. The van der Waals surface area contributed by atoms with E-state index >= 15 is 0 Å². The molecular weight excluding hydrogens is 259 g/mol. The van der Waals surface area contributed by atoms with E-state index in [1.807, 2.05) is 30.3 Å². The SMILES string of the molecule is CC(=O)N[C@@H](C)C(=O)N[13CH2]C(=O)NCc1ccccc1. The average Bonchev–Trinajstić information content (AvgIpc) is 2.42. The number of benzene rings is 1. The van der Waals surface area contributed by atoms with E-state index in [-0.39, 0.29) is 18.4 Å². The Balaban J connectivity index is 2.26. The highest BCUT2D eigenvalue weighted by atomic mass is 16.2. The van der Waals surface area contributed by atoms with Crippen LogP contribution in [0.2, 0.25) is 0 Å². The van der Waals surface area contributed by atoms with Crippen LogP contribution in [0.3, 0.4) is 0 Å². The fraction of sp³-hybridized carbons (Fsp3) is 0.357. The molecule has 0 radical (unpaired) electrons. The topological polar surface area (TPSA) is 87.3 Å². The molecular formula is C14H19N3O3. The molecule has 1 aromatic rings. The second-order valence-electron chi connectivity index (χ2n) is 4.40. The Hall–Kier alpha value is -2.37. The minimum Gasteiger partial charge on any atom is -0.350 e. The van der Waals surface area contributed by atoms with Crippen LogP contribution in [0.4, 0.5) is 0 Å². The van der Waals surface area contributed by atoms with Crippen molar-refractivity contribution in [2.75, 3.05) is 6.54 Å². The van der Waals surface area contributed by atoms with Crippen molar-refractivity contribution in [3.05, 3.63) is 35.9 Å². The molecule has 0 saturated carbocycles. The van der Waals surface area contributed by atoms with E-state index in [9.17, 15) is 14.4 Å². The maximum Gasteiger partial charge on any atom is 0.242 e. The van der Waals surface area contributed by atoms with Gasteiger partial charge in [-0.05, 0) is 12.5 Å². The van der Waals surface area contributed by atoms with Crippen molar-refractivity contribution < 1.29 is 14.4 Å². The molecule has 0 fully saturated rings. The fourth-order valence-electron chi connectivity index (χ4n) is 1.55. The fourth-order valence-corrected chi connectivity index (χ4v) is 1.55. The van der Waals surface area contributed by atoms with Gasteiger partial charge in [0, 0.05) is 13.5 Å². The molecule has 0 aliphatic carbocycles. The van der Waals surface area contributed by atoms with Crippen LogP contribution in [0.1, 0.15) is 19.4 Å². The molecule has 3 N–H and O–H groups in total. The molecule has 0 aliphatic rings. The smallest absolute Gasteiger partial charge is 0.242 e. The maximum atomic E-state index is 11.6. The van der Waals surface area contributed by atoms with Gasteiger partial charge >= 0.3 is 0 Å².